The number of hydrogen-bond donors (Lipinski definition) is 0. The fraction of sp³-hybridized carbons (Fsp3) is 0.176. The average Bonchev–Trinajstić information content (AvgIpc) is 2.54. The Bertz CT molecular complexity index is 656. The number of methoxy groups -OCH3 is 1. The molecule has 2 rings (SSSR count). The minimum absolute atomic E-state index is 0.0369. The molecular weight excluding hydrogens is 266 g/mol. The third-order valence-electron chi connectivity index (χ3n) is 2.97. The van der Waals surface area contributed by atoms with Gasteiger partial charge in [-0.15, -0.1) is 0 Å². The van der Waals surface area contributed by atoms with Gasteiger partial charge in [0.2, 0.25) is 0 Å². The Labute approximate surface area is 123 Å². The van der Waals surface area contributed by atoms with Crippen molar-refractivity contribution >= 4 is 5.78 Å². The van der Waals surface area contributed by atoms with Gasteiger partial charge in [-0.3, -0.25) is 4.79 Å². The number of carbonyl (C=O) groups is 1. The average molecular weight is 281 g/mol. The fourth-order valence-corrected chi connectivity index (χ4v) is 1.82. The van der Waals surface area contributed by atoms with Crippen LogP contribution in [0.15, 0.2) is 48.5 Å². The number of carbonyl (C=O) groups excluding carboxylic acids is 1. The van der Waals surface area contributed by atoms with Gasteiger partial charge in [-0.2, -0.15) is 5.26 Å². The van der Waals surface area contributed by atoms with E-state index in [0.717, 1.165) is 5.56 Å². The maximum absolute atomic E-state index is 12.0. The van der Waals surface area contributed by atoms with Crippen LogP contribution in [0.1, 0.15) is 15.9 Å². The quantitative estimate of drug-likeness (QED) is 0.764. The van der Waals surface area contributed by atoms with Gasteiger partial charge in [-0.1, -0.05) is 24.3 Å². The summed E-state index contributed by atoms with van der Waals surface area (Å²) in [5.74, 6) is 1.13. The molecule has 0 saturated carbocycles. The Kier molecular flexibility index (Phi) is 4.94. The van der Waals surface area contributed by atoms with Crippen LogP contribution in [0.25, 0.3) is 0 Å². The van der Waals surface area contributed by atoms with Gasteiger partial charge in [-0.05, 0) is 29.8 Å². The van der Waals surface area contributed by atoms with E-state index in [1.807, 2.05) is 12.1 Å². The van der Waals surface area contributed by atoms with E-state index in [-0.39, 0.29) is 12.4 Å². The number of nitriles is 1. The molecule has 2 aromatic carbocycles. The van der Waals surface area contributed by atoms with Crippen molar-refractivity contribution in [1.82, 2.24) is 0 Å². The summed E-state index contributed by atoms with van der Waals surface area (Å²) in [7, 11) is 1.56. The van der Waals surface area contributed by atoms with Gasteiger partial charge in [0.25, 0.3) is 0 Å². The Balaban J connectivity index is 1.95. The first kappa shape index (κ1) is 14.6. The zero-order chi connectivity index (χ0) is 15.1. The Morgan fingerprint density at radius 2 is 1.90 bits per heavy atom. The second-order valence-corrected chi connectivity index (χ2v) is 4.42. The highest BCUT2D eigenvalue weighted by Gasteiger charge is 2.08. The Hall–Kier alpha value is -2.80. The summed E-state index contributed by atoms with van der Waals surface area (Å²) < 4.78 is 10.5. The van der Waals surface area contributed by atoms with Crippen LogP contribution < -0.4 is 9.47 Å². The second-order valence-electron chi connectivity index (χ2n) is 4.42. The van der Waals surface area contributed by atoms with Crippen LogP contribution in [0.4, 0.5) is 0 Å². The molecule has 0 spiro atoms. The third kappa shape index (κ3) is 4.08. The summed E-state index contributed by atoms with van der Waals surface area (Å²) >= 11 is 0. The maximum atomic E-state index is 12.0. The normalized spacial score (nSPS) is 9.71. The van der Waals surface area contributed by atoms with Crippen molar-refractivity contribution in [2.45, 2.75) is 6.42 Å². The summed E-state index contributed by atoms with van der Waals surface area (Å²) in [5.41, 5.74) is 1.47. The molecule has 0 atom stereocenters. The van der Waals surface area contributed by atoms with Gasteiger partial charge in [0, 0.05) is 5.56 Å². The molecule has 0 heterocycles. The van der Waals surface area contributed by atoms with E-state index in [4.69, 9.17) is 14.7 Å². The van der Waals surface area contributed by atoms with Crippen LogP contribution in [0.2, 0.25) is 0 Å². The first-order chi connectivity index (χ1) is 10.2. The molecule has 2 aromatic rings. The minimum atomic E-state index is -0.116. The van der Waals surface area contributed by atoms with Crippen LogP contribution in [0, 0.1) is 11.3 Å². The van der Waals surface area contributed by atoms with Crippen molar-refractivity contribution in [3.63, 3.8) is 0 Å². The monoisotopic (exact) mass is 281 g/mol. The molecule has 21 heavy (non-hydrogen) atoms. The van der Waals surface area contributed by atoms with Gasteiger partial charge < -0.3 is 9.47 Å². The topological polar surface area (TPSA) is 59.3 Å². The minimum Gasteiger partial charge on any atom is -0.497 e. The van der Waals surface area contributed by atoms with E-state index in [1.54, 1.807) is 43.5 Å². The summed E-state index contributed by atoms with van der Waals surface area (Å²) in [5, 5.41) is 8.60. The Morgan fingerprint density at radius 1 is 1.14 bits per heavy atom. The van der Waals surface area contributed by atoms with Gasteiger partial charge in [0.15, 0.2) is 12.4 Å². The predicted octanol–water partition coefficient (Wildman–Crippen LogP) is 3.02. The molecule has 0 saturated heterocycles. The van der Waals surface area contributed by atoms with Gasteiger partial charge in [-0.25, -0.2) is 0 Å². The van der Waals surface area contributed by atoms with E-state index in [1.165, 1.54) is 0 Å². The number of hydrogen-bond acceptors (Lipinski definition) is 4. The molecule has 0 aliphatic rings. The van der Waals surface area contributed by atoms with Crippen LogP contribution in [-0.2, 0) is 6.42 Å². The Morgan fingerprint density at radius 3 is 2.57 bits per heavy atom. The van der Waals surface area contributed by atoms with Crippen molar-refractivity contribution in [1.29, 1.82) is 5.26 Å². The van der Waals surface area contributed by atoms with Crippen molar-refractivity contribution in [3.05, 3.63) is 59.7 Å². The molecule has 0 aliphatic carbocycles. The van der Waals surface area contributed by atoms with Crippen molar-refractivity contribution in [2.24, 2.45) is 0 Å². The van der Waals surface area contributed by atoms with Gasteiger partial charge in [0.05, 0.1) is 19.6 Å². The lowest BCUT2D eigenvalue weighted by molar-refractivity contribution is 0.0921. The lowest BCUT2D eigenvalue weighted by Gasteiger charge is -2.07. The summed E-state index contributed by atoms with van der Waals surface area (Å²) in [6.07, 6.45) is 0.364. The van der Waals surface area contributed by atoms with Crippen molar-refractivity contribution in [2.75, 3.05) is 13.7 Å². The molecule has 0 fully saturated rings. The van der Waals surface area contributed by atoms with E-state index < -0.39 is 0 Å². The summed E-state index contributed by atoms with van der Waals surface area (Å²) in [6, 6.07) is 16.2. The highest BCUT2D eigenvalue weighted by molar-refractivity contribution is 5.97. The largest absolute Gasteiger partial charge is 0.497 e. The van der Waals surface area contributed by atoms with E-state index in [2.05, 4.69) is 6.07 Å². The molecule has 0 unspecified atom stereocenters. The number of ether oxygens (including phenoxy) is 2. The van der Waals surface area contributed by atoms with Crippen LogP contribution in [0.5, 0.6) is 11.5 Å². The highest BCUT2D eigenvalue weighted by atomic mass is 16.5. The van der Waals surface area contributed by atoms with Gasteiger partial charge in [0.1, 0.15) is 11.5 Å². The number of rotatable bonds is 6. The zero-order valence-electron chi connectivity index (χ0n) is 11.7. The van der Waals surface area contributed by atoms with Crippen molar-refractivity contribution in [3.8, 4) is 17.6 Å². The molecule has 0 amide bonds. The lowest BCUT2D eigenvalue weighted by atomic mass is 10.1. The van der Waals surface area contributed by atoms with E-state index in [9.17, 15) is 4.79 Å². The SMILES string of the molecule is COc1cccc(C(=O)COc2ccc(CC#N)cc2)c1. The van der Waals surface area contributed by atoms with Crippen LogP contribution >= 0.6 is 0 Å². The van der Waals surface area contributed by atoms with Crippen LogP contribution in [0.3, 0.4) is 0 Å². The molecule has 4 heteroatoms. The molecule has 0 radical (unpaired) electrons. The second kappa shape index (κ2) is 7.11. The molecular formula is C17H15NO3. The molecule has 4 nitrogen and oxygen atoms in total. The standard InChI is InChI=1S/C17H15NO3/c1-20-16-4-2-3-14(11-16)17(19)12-21-15-7-5-13(6-8-15)9-10-18/h2-8,11H,9,12H2,1H3. The molecule has 0 aliphatic heterocycles. The number of ketones is 1. The molecule has 0 N–H and O–H groups in total. The zero-order valence-corrected chi connectivity index (χ0v) is 11.7. The summed E-state index contributed by atoms with van der Waals surface area (Å²) in [6.45, 7) is -0.0369. The molecule has 0 bridgehead atoms. The fourth-order valence-electron chi connectivity index (χ4n) is 1.82. The van der Waals surface area contributed by atoms with Crippen LogP contribution in [-0.4, -0.2) is 19.5 Å². The smallest absolute Gasteiger partial charge is 0.200 e. The molecule has 106 valence electrons. The molecule has 0 aromatic heterocycles. The predicted molar refractivity (Wildman–Crippen MR) is 78.6 cm³/mol. The first-order valence-corrected chi connectivity index (χ1v) is 6.49. The number of Topliss-reactive ketones (excluding diaryl/α,β-unsaturated/α-hetero) is 1. The van der Waals surface area contributed by atoms with Crippen molar-refractivity contribution < 1.29 is 14.3 Å². The number of benzene rings is 2. The number of nitrogens with zero attached hydrogens (tertiary/aromatic N) is 1. The summed E-state index contributed by atoms with van der Waals surface area (Å²) in [4.78, 5) is 12.0. The van der Waals surface area contributed by atoms with E-state index >= 15 is 0 Å². The van der Waals surface area contributed by atoms with E-state index in [0.29, 0.717) is 23.5 Å². The third-order valence-corrected chi connectivity index (χ3v) is 2.97. The van der Waals surface area contributed by atoms with Gasteiger partial charge >= 0.3 is 0 Å². The maximum Gasteiger partial charge on any atom is 0.200 e. The highest BCUT2D eigenvalue weighted by Crippen LogP contribution is 2.15. The lowest BCUT2D eigenvalue weighted by Crippen LogP contribution is -2.11. The first-order valence-electron chi connectivity index (χ1n) is 6.49.